The second kappa shape index (κ2) is 5.97. The van der Waals surface area contributed by atoms with Crippen LogP contribution in [0.25, 0.3) is 0 Å². The molecule has 74 valence electrons. The lowest BCUT2D eigenvalue weighted by Gasteiger charge is -2.19. The van der Waals surface area contributed by atoms with Gasteiger partial charge in [0.1, 0.15) is 0 Å². The van der Waals surface area contributed by atoms with Gasteiger partial charge < -0.3 is 10.6 Å². The lowest BCUT2D eigenvalue weighted by atomic mass is 9.94. The van der Waals surface area contributed by atoms with E-state index < -0.39 is 0 Å². The quantitative estimate of drug-likeness (QED) is 0.534. The van der Waals surface area contributed by atoms with Gasteiger partial charge in [-0.05, 0) is 44.3 Å². The molecule has 1 rings (SSSR count). The molecule has 0 saturated carbocycles. The van der Waals surface area contributed by atoms with Crippen LogP contribution in [0.15, 0.2) is 12.2 Å². The zero-order valence-corrected chi connectivity index (χ0v) is 8.99. The minimum atomic E-state index is 0.765. The van der Waals surface area contributed by atoms with Crippen LogP contribution in [-0.4, -0.2) is 18.2 Å². The lowest BCUT2D eigenvalue weighted by Crippen LogP contribution is -2.37. The predicted molar refractivity (Wildman–Crippen MR) is 60.8 cm³/mol. The summed E-state index contributed by atoms with van der Waals surface area (Å²) in [5.41, 5.74) is 0. The van der Waals surface area contributed by atoms with Crippen LogP contribution < -0.4 is 10.6 Å². The molecule has 0 aromatic rings. The van der Waals surface area contributed by atoms with Crippen LogP contribution in [0.5, 0.6) is 0 Å². The van der Waals surface area contributed by atoms with Crippen LogP contribution in [0.3, 0.4) is 0 Å². The highest BCUT2D eigenvalue weighted by atomic mass is 32.1. The molecule has 13 heavy (non-hydrogen) atoms. The molecule has 0 radical (unpaired) electrons. The van der Waals surface area contributed by atoms with Gasteiger partial charge in [0.15, 0.2) is 5.11 Å². The average molecular weight is 198 g/mol. The molecule has 0 aromatic carbocycles. The number of hydrogen-bond acceptors (Lipinski definition) is 1. The summed E-state index contributed by atoms with van der Waals surface area (Å²) in [6, 6.07) is 0. The molecule has 1 aliphatic carbocycles. The third-order valence-electron chi connectivity index (χ3n) is 2.27. The van der Waals surface area contributed by atoms with E-state index >= 15 is 0 Å². The van der Waals surface area contributed by atoms with Crippen LogP contribution in [0.1, 0.15) is 26.2 Å². The standard InChI is InChI=1S/C10H18N2S/c1-2-11-10(13)12-8-9-6-4-3-5-7-9/h3-4,9H,2,5-8H2,1H3,(H2,11,12,13). The Morgan fingerprint density at radius 1 is 1.46 bits per heavy atom. The number of thiocarbonyl (C=S) groups is 1. The van der Waals surface area contributed by atoms with Crippen LogP contribution in [-0.2, 0) is 0 Å². The Morgan fingerprint density at radius 3 is 2.92 bits per heavy atom. The fourth-order valence-electron chi connectivity index (χ4n) is 1.50. The fraction of sp³-hybridized carbons (Fsp3) is 0.700. The molecule has 1 unspecified atom stereocenters. The summed E-state index contributed by atoms with van der Waals surface area (Å²) in [5.74, 6) is 0.765. The Hall–Kier alpha value is -0.570. The molecule has 1 atom stereocenters. The first kappa shape index (κ1) is 10.5. The Balaban J connectivity index is 2.11. The Bertz CT molecular complexity index is 189. The minimum Gasteiger partial charge on any atom is -0.363 e. The molecule has 3 heteroatoms. The van der Waals surface area contributed by atoms with Crippen molar-refractivity contribution in [2.75, 3.05) is 13.1 Å². The third kappa shape index (κ3) is 4.27. The summed E-state index contributed by atoms with van der Waals surface area (Å²) >= 11 is 5.08. The first-order valence-electron chi connectivity index (χ1n) is 4.99. The summed E-state index contributed by atoms with van der Waals surface area (Å²) < 4.78 is 0. The van der Waals surface area contributed by atoms with E-state index in [1.54, 1.807) is 0 Å². The zero-order chi connectivity index (χ0) is 9.52. The van der Waals surface area contributed by atoms with Crippen molar-refractivity contribution in [1.82, 2.24) is 10.6 Å². The maximum Gasteiger partial charge on any atom is 0.166 e. The number of rotatable bonds is 3. The third-order valence-corrected chi connectivity index (χ3v) is 2.55. The van der Waals surface area contributed by atoms with Crippen LogP contribution in [0.2, 0.25) is 0 Å². The summed E-state index contributed by atoms with van der Waals surface area (Å²) in [5, 5.41) is 7.12. The van der Waals surface area contributed by atoms with E-state index in [0.717, 1.165) is 24.1 Å². The lowest BCUT2D eigenvalue weighted by molar-refractivity contribution is 0.471. The monoisotopic (exact) mass is 198 g/mol. The van der Waals surface area contributed by atoms with E-state index in [1.807, 2.05) is 0 Å². The molecule has 0 fully saturated rings. The Morgan fingerprint density at radius 2 is 2.31 bits per heavy atom. The van der Waals surface area contributed by atoms with Crippen LogP contribution >= 0.6 is 12.2 Å². The van der Waals surface area contributed by atoms with Crippen molar-refractivity contribution in [3.63, 3.8) is 0 Å². The van der Waals surface area contributed by atoms with Gasteiger partial charge in [-0.1, -0.05) is 12.2 Å². The molecule has 0 saturated heterocycles. The van der Waals surface area contributed by atoms with Crippen LogP contribution in [0, 0.1) is 5.92 Å². The Kier molecular flexibility index (Phi) is 4.83. The first-order valence-corrected chi connectivity index (χ1v) is 5.40. The van der Waals surface area contributed by atoms with Crippen LogP contribution in [0.4, 0.5) is 0 Å². The molecular formula is C10H18N2S. The normalized spacial score (nSPS) is 21.2. The molecule has 0 aromatic heterocycles. The summed E-state index contributed by atoms with van der Waals surface area (Å²) in [6.07, 6.45) is 8.24. The van der Waals surface area contributed by atoms with Crippen molar-refractivity contribution in [2.24, 2.45) is 5.92 Å². The highest BCUT2D eigenvalue weighted by Gasteiger charge is 2.09. The molecule has 2 nitrogen and oxygen atoms in total. The topological polar surface area (TPSA) is 24.1 Å². The maximum absolute atomic E-state index is 5.08. The van der Waals surface area contributed by atoms with Crippen molar-refractivity contribution in [1.29, 1.82) is 0 Å². The highest BCUT2D eigenvalue weighted by Crippen LogP contribution is 2.16. The van der Waals surface area contributed by atoms with E-state index in [4.69, 9.17) is 12.2 Å². The van der Waals surface area contributed by atoms with E-state index in [0.29, 0.717) is 0 Å². The Labute approximate surface area is 85.8 Å². The molecule has 0 spiro atoms. The van der Waals surface area contributed by atoms with Gasteiger partial charge in [0.05, 0.1) is 0 Å². The molecule has 0 aliphatic heterocycles. The van der Waals surface area contributed by atoms with Gasteiger partial charge in [0.2, 0.25) is 0 Å². The number of hydrogen-bond donors (Lipinski definition) is 2. The van der Waals surface area contributed by atoms with Crippen molar-refractivity contribution >= 4 is 17.3 Å². The first-order chi connectivity index (χ1) is 6.33. The van der Waals surface area contributed by atoms with E-state index in [2.05, 4.69) is 29.7 Å². The molecule has 0 amide bonds. The SMILES string of the molecule is CCNC(=S)NCC1CC=CCC1. The second-order valence-corrected chi connectivity index (χ2v) is 3.80. The average Bonchev–Trinajstić information content (AvgIpc) is 2.17. The molecule has 1 aliphatic rings. The molecule has 0 heterocycles. The van der Waals surface area contributed by atoms with Gasteiger partial charge in [-0.2, -0.15) is 0 Å². The van der Waals surface area contributed by atoms with Gasteiger partial charge in [0, 0.05) is 13.1 Å². The molecule has 2 N–H and O–H groups in total. The number of allylic oxidation sites excluding steroid dienone is 2. The highest BCUT2D eigenvalue weighted by molar-refractivity contribution is 7.80. The minimum absolute atomic E-state index is 0.765. The predicted octanol–water partition coefficient (Wildman–Crippen LogP) is 1.83. The van der Waals surface area contributed by atoms with E-state index in [1.165, 1.54) is 19.3 Å². The van der Waals surface area contributed by atoms with Crippen molar-refractivity contribution in [2.45, 2.75) is 26.2 Å². The zero-order valence-electron chi connectivity index (χ0n) is 8.18. The second-order valence-electron chi connectivity index (χ2n) is 3.39. The number of nitrogens with one attached hydrogen (secondary N) is 2. The summed E-state index contributed by atoms with van der Waals surface area (Å²) in [6.45, 7) is 3.96. The van der Waals surface area contributed by atoms with Crippen molar-refractivity contribution in [3.8, 4) is 0 Å². The van der Waals surface area contributed by atoms with Gasteiger partial charge in [-0.25, -0.2) is 0 Å². The molecular weight excluding hydrogens is 180 g/mol. The van der Waals surface area contributed by atoms with E-state index in [9.17, 15) is 0 Å². The van der Waals surface area contributed by atoms with Crippen molar-refractivity contribution < 1.29 is 0 Å². The molecule has 0 bridgehead atoms. The van der Waals surface area contributed by atoms with E-state index in [-0.39, 0.29) is 0 Å². The fourth-order valence-corrected chi connectivity index (χ4v) is 1.73. The smallest absolute Gasteiger partial charge is 0.166 e. The summed E-state index contributed by atoms with van der Waals surface area (Å²) in [7, 11) is 0. The van der Waals surface area contributed by atoms with Crippen molar-refractivity contribution in [3.05, 3.63) is 12.2 Å². The van der Waals surface area contributed by atoms with Gasteiger partial charge >= 0.3 is 0 Å². The van der Waals surface area contributed by atoms with Gasteiger partial charge in [0.25, 0.3) is 0 Å². The van der Waals surface area contributed by atoms with Gasteiger partial charge in [-0.15, -0.1) is 0 Å². The summed E-state index contributed by atoms with van der Waals surface area (Å²) in [4.78, 5) is 0. The largest absolute Gasteiger partial charge is 0.363 e. The maximum atomic E-state index is 5.08. The van der Waals surface area contributed by atoms with Gasteiger partial charge in [-0.3, -0.25) is 0 Å².